The second-order valence-electron chi connectivity index (χ2n) is 6.76. The number of guanidine groups is 1. The van der Waals surface area contributed by atoms with Crippen LogP contribution in [0.4, 0.5) is 5.82 Å². The summed E-state index contributed by atoms with van der Waals surface area (Å²) in [5, 5.41) is 7.28. The molecule has 1 aliphatic heterocycles. The lowest BCUT2D eigenvalue weighted by Crippen LogP contribution is -2.39. The number of nitrogens with zero attached hydrogens (tertiary/aromatic N) is 3. The molecule has 1 aromatic carbocycles. The number of benzene rings is 1. The Kier molecular flexibility index (Phi) is 9.91. The Hall–Kier alpha value is -1.48. The number of pyridine rings is 1. The molecule has 7 heteroatoms. The van der Waals surface area contributed by atoms with Crippen LogP contribution >= 0.6 is 35.7 Å². The maximum absolute atomic E-state index is 4.52. The predicted octanol–water partition coefficient (Wildman–Crippen LogP) is 4.15. The second kappa shape index (κ2) is 12.2. The van der Waals surface area contributed by atoms with Gasteiger partial charge in [-0.1, -0.05) is 25.1 Å². The fraction of sp³-hybridized carbons (Fsp3) is 0.429. The summed E-state index contributed by atoms with van der Waals surface area (Å²) in [6, 6.07) is 14.7. The van der Waals surface area contributed by atoms with E-state index in [0.29, 0.717) is 5.25 Å². The van der Waals surface area contributed by atoms with E-state index in [0.717, 1.165) is 38.0 Å². The number of hydrogen-bond acceptors (Lipinski definition) is 4. The Bertz CT molecular complexity index is 735. The first-order chi connectivity index (χ1) is 13.2. The van der Waals surface area contributed by atoms with Gasteiger partial charge in [0, 0.05) is 49.6 Å². The monoisotopic (exact) mass is 511 g/mol. The van der Waals surface area contributed by atoms with Crippen molar-refractivity contribution in [2.45, 2.75) is 36.5 Å². The number of aliphatic imine (C=N–C) groups is 1. The van der Waals surface area contributed by atoms with Crippen molar-refractivity contribution >= 4 is 47.5 Å². The normalized spacial score (nSPS) is 15.1. The lowest BCUT2D eigenvalue weighted by Gasteiger charge is -2.18. The maximum atomic E-state index is 4.52. The highest BCUT2D eigenvalue weighted by atomic mass is 127. The Morgan fingerprint density at radius 3 is 2.64 bits per heavy atom. The van der Waals surface area contributed by atoms with Crippen molar-refractivity contribution in [3.63, 3.8) is 0 Å². The van der Waals surface area contributed by atoms with Crippen LogP contribution in [0.3, 0.4) is 0 Å². The van der Waals surface area contributed by atoms with Crippen molar-refractivity contribution < 1.29 is 0 Å². The zero-order chi connectivity index (χ0) is 18.9. The van der Waals surface area contributed by atoms with E-state index >= 15 is 0 Å². The summed E-state index contributed by atoms with van der Waals surface area (Å²) in [6.07, 6.45) is 4.43. The van der Waals surface area contributed by atoms with E-state index in [2.05, 4.69) is 68.8 Å². The summed E-state index contributed by atoms with van der Waals surface area (Å²) in [7, 11) is 1.81. The summed E-state index contributed by atoms with van der Waals surface area (Å²) in [4.78, 5) is 12.5. The summed E-state index contributed by atoms with van der Waals surface area (Å²) in [5.74, 6) is 1.91. The Morgan fingerprint density at radius 1 is 1.18 bits per heavy atom. The molecule has 152 valence electrons. The average Bonchev–Trinajstić information content (AvgIpc) is 3.24. The topological polar surface area (TPSA) is 52.6 Å². The number of nitrogens with one attached hydrogen (secondary N) is 2. The molecule has 1 aromatic heterocycles. The van der Waals surface area contributed by atoms with Gasteiger partial charge in [0.2, 0.25) is 0 Å². The third kappa shape index (κ3) is 7.16. The van der Waals surface area contributed by atoms with Gasteiger partial charge in [-0.2, -0.15) is 0 Å². The van der Waals surface area contributed by atoms with Gasteiger partial charge in [-0.15, -0.1) is 35.7 Å². The summed E-state index contributed by atoms with van der Waals surface area (Å²) in [6.45, 7) is 6.05. The first kappa shape index (κ1) is 22.8. The molecule has 2 N–H and O–H groups in total. The fourth-order valence-corrected chi connectivity index (χ4v) is 4.06. The number of rotatable bonds is 7. The lowest BCUT2D eigenvalue weighted by molar-refractivity contribution is 0.789. The zero-order valence-corrected chi connectivity index (χ0v) is 19.7. The van der Waals surface area contributed by atoms with Crippen molar-refractivity contribution in [3.8, 4) is 0 Å². The standard InChI is InChI=1S/C21H29N5S.HI/c1-17(27-19-8-4-3-5-9-19)15-24-21(22-2)25-16-18-10-11-23-20(14-18)26-12-6-7-13-26;/h3-5,8-11,14,17H,6-7,12-13,15-16H2,1-2H3,(H2,22,24,25);1H. The van der Waals surface area contributed by atoms with Crippen molar-refractivity contribution in [1.82, 2.24) is 15.6 Å². The molecule has 0 aliphatic carbocycles. The molecule has 3 rings (SSSR count). The minimum Gasteiger partial charge on any atom is -0.357 e. The van der Waals surface area contributed by atoms with Crippen LogP contribution in [-0.4, -0.2) is 42.9 Å². The van der Waals surface area contributed by atoms with Crippen LogP contribution in [0.25, 0.3) is 0 Å². The fourth-order valence-electron chi connectivity index (χ4n) is 3.11. The molecule has 5 nitrogen and oxygen atoms in total. The molecule has 1 atom stereocenters. The minimum atomic E-state index is 0. The molecule has 1 unspecified atom stereocenters. The zero-order valence-electron chi connectivity index (χ0n) is 16.6. The van der Waals surface area contributed by atoms with Gasteiger partial charge in [0.25, 0.3) is 0 Å². The smallest absolute Gasteiger partial charge is 0.191 e. The van der Waals surface area contributed by atoms with E-state index in [-0.39, 0.29) is 24.0 Å². The van der Waals surface area contributed by atoms with Crippen LogP contribution in [0.2, 0.25) is 0 Å². The molecule has 1 aliphatic rings. The van der Waals surface area contributed by atoms with Crippen molar-refractivity contribution in [2.24, 2.45) is 4.99 Å². The van der Waals surface area contributed by atoms with E-state index < -0.39 is 0 Å². The largest absolute Gasteiger partial charge is 0.357 e. The highest BCUT2D eigenvalue weighted by molar-refractivity contribution is 14.0. The highest BCUT2D eigenvalue weighted by Gasteiger charge is 2.13. The van der Waals surface area contributed by atoms with Crippen molar-refractivity contribution in [1.29, 1.82) is 0 Å². The molecule has 0 amide bonds. The van der Waals surface area contributed by atoms with Crippen molar-refractivity contribution in [2.75, 3.05) is 31.6 Å². The van der Waals surface area contributed by atoms with Crippen LogP contribution in [0.5, 0.6) is 0 Å². The number of halogens is 1. The third-order valence-electron chi connectivity index (χ3n) is 4.56. The molecule has 0 radical (unpaired) electrons. The van der Waals surface area contributed by atoms with Gasteiger partial charge in [0.15, 0.2) is 5.96 Å². The molecular weight excluding hydrogens is 481 g/mol. The van der Waals surface area contributed by atoms with Gasteiger partial charge < -0.3 is 15.5 Å². The molecule has 0 spiro atoms. The Morgan fingerprint density at radius 2 is 1.93 bits per heavy atom. The maximum Gasteiger partial charge on any atom is 0.191 e. The van der Waals surface area contributed by atoms with Crippen LogP contribution < -0.4 is 15.5 Å². The third-order valence-corrected chi connectivity index (χ3v) is 5.67. The summed E-state index contributed by atoms with van der Waals surface area (Å²) >= 11 is 1.87. The van der Waals surface area contributed by atoms with Gasteiger partial charge in [-0.05, 0) is 42.7 Å². The number of hydrogen-bond donors (Lipinski definition) is 2. The van der Waals surface area contributed by atoms with Gasteiger partial charge in [0.1, 0.15) is 5.82 Å². The van der Waals surface area contributed by atoms with Gasteiger partial charge in [-0.25, -0.2) is 4.98 Å². The van der Waals surface area contributed by atoms with Crippen molar-refractivity contribution in [3.05, 3.63) is 54.2 Å². The quantitative estimate of drug-likeness (QED) is 0.253. The SMILES string of the molecule is CN=C(NCc1ccnc(N2CCCC2)c1)NCC(C)Sc1ccccc1.I. The number of anilines is 1. The van der Waals surface area contributed by atoms with E-state index in [1.165, 1.54) is 23.3 Å². The molecular formula is C21H30IN5S. The molecule has 1 fully saturated rings. The van der Waals surface area contributed by atoms with Gasteiger partial charge >= 0.3 is 0 Å². The molecule has 0 saturated carbocycles. The first-order valence-electron chi connectivity index (χ1n) is 9.60. The number of aromatic nitrogens is 1. The molecule has 2 aromatic rings. The average molecular weight is 511 g/mol. The molecule has 2 heterocycles. The summed E-state index contributed by atoms with van der Waals surface area (Å²) < 4.78 is 0. The molecule has 28 heavy (non-hydrogen) atoms. The van der Waals surface area contributed by atoms with Crippen LogP contribution in [-0.2, 0) is 6.54 Å². The second-order valence-corrected chi connectivity index (χ2v) is 8.28. The summed E-state index contributed by atoms with van der Waals surface area (Å²) in [5.41, 5.74) is 1.22. The van der Waals surface area contributed by atoms with Gasteiger partial charge in [-0.3, -0.25) is 4.99 Å². The van der Waals surface area contributed by atoms with E-state index in [9.17, 15) is 0 Å². The van der Waals surface area contributed by atoms with Crippen LogP contribution in [0, 0.1) is 0 Å². The predicted molar refractivity (Wildman–Crippen MR) is 131 cm³/mol. The molecule has 1 saturated heterocycles. The first-order valence-corrected chi connectivity index (χ1v) is 10.5. The minimum absolute atomic E-state index is 0. The Labute approximate surface area is 189 Å². The lowest BCUT2D eigenvalue weighted by atomic mass is 10.2. The Balaban J connectivity index is 0.00000280. The number of thioether (sulfide) groups is 1. The van der Waals surface area contributed by atoms with Crippen LogP contribution in [0.1, 0.15) is 25.3 Å². The highest BCUT2D eigenvalue weighted by Crippen LogP contribution is 2.22. The van der Waals surface area contributed by atoms with Gasteiger partial charge in [0.05, 0.1) is 0 Å². The molecule has 0 bridgehead atoms. The van der Waals surface area contributed by atoms with Crippen LogP contribution in [0.15, 0.2) is 58.5 Å². The van der Waals surface area contributed by atoms with E-state index in [4.69, 9.17) is 0 Å². The van der Waals surface area contributed by atoms with E-state index in [1.54, 1.807) is 0 Å². The van der Waals surface area contributed by atoms with E-state index in [1.807, 2.05) is 31.1 Å².